The zero-order valence-electron chi connectivity index (χ0n) is 16.8. The summed E-state index contributed by atoms with van der Waals surface area (Å²) in [4.78, 5) is 0. The monoisotopic (exact) mass is 482 g/mol. The number of rotatable bonds is 2. The van der Waals surface area contributed by atoms with Gasteiger partial charge < -0.3 is 24.8 Å². The summed E-state index contributed by atoms with van der Waals surface area (Å²) in [6, 6.07) is 0. The second-order valence-corrected chi connectivity index (χ2v) is 7.20. The van der Waals surface area contributed by atoms with E-state index in [0.29, 0.717) is 0 Å². The molecule has 0 aromatic rings. The summed E-state index contributed by atoms with van der Waals surface area (Å²) in [6.45, 7) is 10.6. The molecule has 0 radical (unpaired) electrons. The molecule has 4 aliphatic carbocycles. The van der Waals surface area contributed by atoms with Gasteiger partial charge in [0, 0.05) is 0 Å². The maximum atomic E-state index is 3.00. The molecule has 0 spiro atoms. The molecule has 3 heteroatoms. The fourth-order valence-electron chi connectivity index (χ4n) is 4.22. The zero-order valence-corrected chi connectivity index (χ0v) is 20.8. The minimum atomic E-state index is 0. The first-order chi connectivity index (χ1) is 11.8. The van der Waals surface area contributed by atoms with E-state index in [9.17, 15) is 0 Å². The minimum Gasteiger partial charge on any atom is -1.00 e. The molecule has 0 aliphatic heterocycles. The summed E-state index contributed by atoms with van der Waals surface area (Å²) in [5.74, 6) is 3.46. The van der Waals surface area contributed by atoms with Gasteiger partial charge in [0.15, 0.2) is 0 Å². The summed E-state index contributed by atoms with van der Waals surface area (Å²) < 4.78 is 0. The topological polar surface area (TPSA) is 0 Å². The molecule has 4 aliphatic rings. The van der Waals surface area contributed by atoms with E-state index < -0.39 is 0 Å². The quantitative estimate of drug-likeness (QED) is 0.406. The Hall–Kier alpha value is -0.0969. The molecule has 0 saturated heterocycles. The van der Waals surface area contributed by atoms with E-state index in [2.05, 4.69) is 76.3 Å². The van der Waals surface area contributed by atoms with Gasteiger partial charge in [-0.1, -0.05) is 51.4 Å². The van der Waals surface area contributed by atoms with Gasteiger partial charge in [0.2, 0.25) is 0 Å². The first-order valence-corrected chi connectivity index (χ1v) is 9.73. The van der Waals surface area contributed by atoms with Crippen LogP contribution in [0.2, 0.25) is 0 Å². The molecular weight excluding hydrogens is 450 g/mol. The fourth-order valence-corrected chi connectivity index (χ4v) is 4.22. The van der Waals surface area contributed by atoms with E-state index in [-0.39, 0.29) is 51.0 Å². The van der Waals surface area contributed by atoms with Crippen molar-refractivity contribution in [2.45, 2.75) is 52.4 Å². The third-order valence-corrected chi connectivity index (χ3v) is 5.71. The smallest absolute Gasteiger partial charge is 1.00 e. The number of allylic oxidation sites excluding steroid dienone is 8. The molecule has 0 amide bonds. The number of hydrogen-bond acceptors (Lipinski definition) is 0. The average molecular weight is 485 g/mol. The van der Waals surface area contributed by atoms with Crippen LogP contribution in [0.4, 0.5) is 0 Å². The van der Waals surface area contributed by atoms with Gasteiger partial charge in [-0.25, -0.2) is 36.1 Å². The van der Waals surface area contributed by atoms with Crippen LogP contribution >= 0.6 is 0 Å². The van der Waals surface area contributed by atoms with Crippen LogP contribution < -0.4 is 24.8 Å². The summed E-state index contributed by atoms with van der Waals surface area (Å²) in [5.41, 5.74) is 3.19. The van der Waals surface area contributed by atoms with Crippen molar-refractivity contribution < 1.29 is 51.0 Å². The molecule has 148 valence electrons. The molecule has 4 rings (SSSR count). The molecule has 4 atom stereocenters. The first kappa shape index (κ1) is 29.1. The Bertz CT molecular complexity index is 472. The molecule has 0 heterocycles. The van der Waals surface area contributed by atoms with Gasteiger partial charge >= 0.3 is 26.2 Å². The summed E-state index contributed by atoms with van der Waals surface area (Å²) in [7, 11) is 0. The van der Waals surface area contributed by atoms with Crippen LogP contribution in [0.15, 0.2) is 60.8 Å². The number of fused-ring (bicyclic) bond motifs is 2. The molecule has 2 saturated carbocycles. The van der Waals surface area contributed by atoms with E-state index in [1.807, 2.05) is 0 Å². The normalized spacial score (nSPS) is 28.2. The van der Waals surface area contributed by atoms with E-state index in [1.54, 1.807) is 11.1 Å². The Morgan fingerprint density at radius 1 is 0.815 bits per heavy atom. The van der Waals surface area contributed by atoms with Crippen molar-refractivity contribution in [2.75, 3.05) is 0 Å². The van der Waals surface area contributed by atoms with E-state index in [4.69, 9.17) is 0 Å². The van der Waals surface area contributed by atoms with Crippen LogP contribution in [0.5, 0.6) is 0 Å². The second-order valence-electron chi connectivity index (χ2n) is 7.20. The Balaban J connectivity index is 0. The Kier molecular flexibility index (Phi) is 17.0. The zero-order chi connectivity index (χ0) is 17.4. The van der Waals surface area contributed by atoms with Gasteiger partial charge in [-0.2, -0.15) is 0 Å². The Morgan fingerprint density at radius 3 is 1.48 bits per heavy atom. The van der Waals surface area contributed by atoms with Crippen LogP contribution in [0.3, 0.4) is 0 Å². The van der Waals surface area contributed by atoms with Gasteiger partial charge in [0.25, 0.3) is 0 Å². The standard InChI is InChI=1S/2C11H15.C2H4.2ClH.Zr/c2*1-2-9-7-10-5-3-4-6-11(10)8-9;1-2;;;/h2*3-5,7,9,11H,2,6,8H2,1H3;1-2H2;2*1H;/q2*-1;;;;+4/p-2. The molecule has 27 heavy (non-hydrogen) atoms. The molecular formula is C24H34Cl2Zr. The molecule has 2 fully saturated rings. The van der Waals surface area contributed by atoms with Gasteiger partial charge in [-0.3, -0.25) is 0 Å². The van der Waals surface area contributed by atoms with Gasteiger partial charge in [0.05, 0.1) is 0 Å². The molecule has 0 nitrogen and oxygen atoms in total. The summed E-state index contributed by atoms with van der Waals surface area (Å²) >= 11 is 0. The maximum absolute atomic E-state index is 3.00. The van der Waals surface area contributed by atoms with Crippen molar-refractivity contribution in [1.29, 1.82) is 0 Å². The molecule has 0 aromatic heterocycles. The third kappa shape index (κ3) is 8.43. The van der Waals surface area contributed by atoms with Gasteiger partial charge in [0.1, 0.15) is 0 Å². The Morgan fingerprint density at radius 2 is 1.19 bits per heavy atom. The fraction of sp³-hybridized carbons (Fsp3) is 0.500. The van der Waals surface area contributed by atoms with E-state index >= 15 is 0 Å². The van der Waals surface area contributed by atoms with Crippen molar-refractivity contribution >= 4 is 0 Å². The van der Waals surface area contributed by atoms with Crippen LogP contribution in [-0.4, -0.2) is 0 Å². The van der Waals surface area contributed by atoms with Gasteiger partial charge in [-0.05, 0) is 24.7 Å². The predicted molar refractivity (Wildman–Crippen MR) is 107 cm³/mol. The predicted octanol–water partition coefficient (Wildman–Crippen LogP) is 1.05. The van der Waals surface area contributed by atoms with Crippen LogP contribution in [0.1, 0.15) is 52.4 Å². The minimum absolute atomic E-state index is 0. The van der Waals surface area contributed by atoms with Crippen molar-refractivity contribution in [3.63, 3.8) is 0 Å². The molecule has 4 unspecified atom stereocenters. The molecule has 0 aromatic carbocycles. The Labute approximate surface area is 199 Å². The summed E-state index contributed by atoms with van der Waals surface area (Å²) in [6.07, 6.45) is 26.4. The van der Waals surface area contributed by atoms with Gasteiger partial charge in [-0.15, -0.1) is 37.5 Å². The maximum Gasteiger partial charge on any atom is 4.00 e. The van der Waals surface area contributed by atoms with Crippen LogP contribution in [0.25, 0.3) is 0 Å². The third-order valence-electron chi connectivity index (χ3n) is 5.71. The molecule has 0 N–H and O–H groups in total. The second kappa shape index (κ2) is 15.8. The SMILES string of the molecule is C=C.CCC1[CH-]C2=CC=CCC2C1.CCC1[CH-]C2=CC=CCC2C1.[Cl-].[Cl-].[Zr+4]. The summed E-state index contributed by atoms with van der Waals surface area (Å²) in [5, 5.41) is 0. The van der Waals surface area contributed by atoms with E-state index in [1.165, 1.54) is 38.5 Å². The van der Waals surface area contributed by atoms with Crippen molar-refractivity contribution in [3.8, 4) is 0 Å². The number of hydrogen-bond donors (Lipinski definition) is 0. The van der Waals surface area contributed by atoms with E-state index in [0.717, 1.165) is 23.7 Å². The molecule has 0 bridgehead atoms. The van der Waals surface area contributed by atoms with Crippen molar-refractivity contribution in [2.24, 2.45) is 23.7 Å². The average Bonchev–Trinajstić information content (AvgIpc) is 3.27. The van der Waals surface area contributed by atoms with Crippen molar-refractivity contribution in [3.05, 3.63) is 73.6 Å². The number of halogens is 2. The van der Waals surface area contributed by atoms with Crippen LogP contribution in [-0.2, 0) is 26.2 Å². The largest absolute Gasteiger partial charge is 4.00 e. The first-order valence-electron chi connectivity index (χ1n) is 9.73. The van der Waals surface area contributed by atoms with Crippen LogP contribution in [0, 0.1) is 36.5 Å². The van der Waals surface area contributed by atoms with Crippen molar-refractivity contribution in [1.82, 2.24) is 0 Å².